The monoisotopic (exact) mass is 358 g/mol. The highest BCUT2D eigenvalue weighted by Crippen LogP contribution is 2.37. The van der Waals surface area contributed by atoms with Crippen LogP contribution >= 0.6 is 0 Å². The van der Waals surface area contributed by atoms with Gasteiger partial charge in [0.25, 0.3) is 0 Å². The molecule has 1 aliphatic carbocycles. The summed E-state index contributed by atoms with van der Waals surface area (Å²) in [5, 5.41) is 11.9. The molecule has 1 aromatic heterocycles. The number of carboxylic acid groups (broad SMARTS) is 1. The van der Waals surface area contributed by atoms with Gasteiger partial charge in [0.05, 0.1) is 6.04 Å². The summed E-state index contributed by atoms with van der Waals surface area (Å²) >= 11 is 0. The minimum atomic E-state index is -4.61. The van der Waals surface area contributed by atoms with Crippen LogP contribution in [0, 0.1) is 0 Å². The first kappa shape index (κ1) is 17.6. The van der Waals surface area contributed by atoms with Crippen LogP contribution in [0.15, 0.2) is 12.4 Å². The third-order valence-corrected chi connectivity index (χ3v) is 4.42. The topological polar surface area (TPSA) is 95.4 Å². The lowest BCUT2D eigenvalue weighted by Crippen LogP contribution is -2.49. The second-order valence-corrected chi connectivity index (χ2v) is 6.26. The summed E-state index contributed by atoms with van der Waals surface area (Å²) in [5.41, 5.74) is 0.340. The van der Waals surface area contributed by atoms with E-state index in [1.165, 1.54) is 0 Å². The van der Waals surface area contributed by atoms with Crippen molar-refractivity contribution >= 4 is 11.9 Å². The molecule has 7 nitrogen and oxygen atoms in total. The summed E-state index contributed by atoms with van der Waals surface area (Å²) in [4.78, 5) is 31.9. The van der Waals surface area contributed by atoms with Gasteiger partial charge in [-0.2, -0.15) is 13.2 Å². The zero-order valence-electron chi connectivity index (χ0n) is 13.2. The first-order chi connectivity index (χ1) is 11.8. The van der Waals surface area contributed by atoms with Gasteiger partial charge in [-0.05, 0) is 25.7 Å². The smallest absolute Gasteiger partial charge is 0.451 e. The van der Waals surface area contributed by atoms with Crippen molar-refractivity contribution in [1.29, 1.82) is 0 Å². The molecule has 1 saturated carbocycles. The first-order valence-electron chi connectivity index (χ1n) is 7.93. The number of rotatable bonds is 5. The number of nitrogens with one attached hydrogen (secondary N) is 1. The number of halogens is 3. The molecule has 2 aliphatic rings. The second-order valence-electron chi connectivity index (χ2n) is 6.26. The van der Waals surface area contributed by atoms with Crippen molar-refractivity contribution in [3.63, 3.8) is 0 Å². The summed E-state index contributed by atoms with van der Waals surface area (Å²) in [7, 11) is 0. The third-order valence-electron chi connectivity index (χ3n) is 4.42. The lowest BCUT2D eigenvalue weighted by Gasteiger charge is -2.27. The molecule has 2 N–H and O–H groups in total. The van der Waals surface area contributed by atoms with Gasteiger partial charge >= 0.3 is 12.1 Å². The third kappa shape index (κ3) is 3.89. The number of carbonyl (C=O) groups excluding carboxylic acids is 1. The largest absolute Gasteiger partial charge is 0.480 e. The highest BCUT2D eigenvalue weighted by molar-refractivity contribution is 5.84. The Hall–Kier alpha value is -2.23. The van der Waals surface area contributed by atoms with E-state index in [0.29, 0.717) is 18.4 Å². The van der Waals surface area contributed by atoms with Gasteiger partial charge in [-0.1, -0.05) is 0 Å². The highest BCUT2D eigenvalue weighted by atomic mass is 19.4. The van der Waals surface area contributed by atoms with Crippen molar-refractivity contribution in [1.82, 2.24) is 20.2 Å². The van der Waals surface area contributed by atoms with Crippen LogP contribution in [0.3, 0.4) is 0 Å². The zero-order valence-corrected chi connectivity index (χ0v) is 13.2. The summed E-state index contributed by atoms with van der Waals surface area (Å²) in [6.45, 7) is -0.0102. The van der Waals surface area contributed by atoms with E-state index in [1.54, 1.807) is 4.90 Å². The van der Waals surface area contributed by atoms with Crippen LogP contribution in [0.5, 0.6) is 0 Å². The number of carbonyl (C=O) groups is 2. The van der Waals surface area contributed by atoms with E-state index >= 15 is 0 Å². The second kappa shape index (κ2) is 6.58. The van der Waals surface area contributed by atoms with Crippen molar-refractivity contribution in [3.05, 3.63) is 23.8 Å². The molecule has 0 radical (unpaired) electrons. The van der Waals surface area contributed by atoms with Gasteiger partial charge in [0, 0.05) is 30.5 Å². The maximum Gasteiger partial charge on any atom is 0.451 e. The molecular weight excluding hydrogens is 341 g/mol. The molecule has 136 valence electrons. The fraction of sp³-hybridized carbons (Fsp3) is 0.600. The fourth-order valence-corrected chi connectivity index (χ4v) is 3.13. The zero-order chi connectivity index (χ0) is 18.2. The number of hydrogen-bond acceptors (Lipinski definition) is 5. The summed E-state index contributed by atoms with van der Waals surface area (Å²) in [5.74, 6) is -2.49. The van der Waals surface area contributed by atoms with Crippen LogP contribution in [-0.4, -0.2) is 50.0 Å². The van der Waals surface area contributed by atoms with Crippen molar-refractivity contribution in [2.45, 2.75) is 56.5 Å². The van der Waals surface area contributed by atoms with Crippen LogP contribution in [0.25, 0.3) is 0 Å². The van der Waals surface area contributed by atoms with E-state index in [1.807, 2.05) is 0 Å². The Kier molecular flexibility index (Phi) is 4.63. The van der Waals surface area contributed by atoms with Crippen LogP contribution in [0.2, 0.25) is 0 Å². The van der Waals surface area contributed by atoms with Crippen molar-refractivity contribution in [3.8, 4) is 0 Å². The van der Waals surface area contributed by atoms with Crippen LogP contribution < -0.4 is 5.32 Å². The van der Waals surface area contributed by atoms with E-state index < -0.39 is 30.1 Å². The molecule has 2 unspecified atom stereocenters. The van der Waals surface area contributed by atoms with Gasteiger partial charge in [-0.3, -0.25) is 14.5 Å². The molecule has 25 heavy (non-hydrogen) atoms. The van der Waals surface area contributed by atoms with E-state index in [-0.39, 0.29) is 18.5 Å². The number of hydrogen-bond donors (Lipinski definition) is 2. The predicted molar refractivity (Wildman–Crippen MR) is 78.2 cm³/mol. The van der Waals surface area contributed by atoms with Crippen LogP contribution in [-0.2, 0) is 22.3 Å². The predicted octanol–water partition coefficient (Wildman–Crippen LogP) is 1.19. The average molecular weight is 358 g/mol. The Labute approximate surface area is 141 Å². The Morgan fingerprint density at radius 2 is 1.76 bits per heavy atom. The molecule has 0 spiro atoms. The van der Waals surface area contributed by atoms with Gasteiger partial charge in [0.1, 0.15) is 6.04 Å². The summed E-state index contributed by atoms with van der Waals surface area (Å²) < 4.78 is 37.2. The number of carboxylic acids is 1. The Balaban J connectivity index is 1.60. The van der Waals surface area contributed by atoms with Crippen LogP contribution in [0.1, 0.15) is 37.1 Å². The minimum Gasteiger partial charge on any atom is -0.480 e. The summed E-state index contributed by atoms with van der Waals surface area (Å²) in [6, 6.07) is -1.06. The lowest BCUT2D eigenvalue weighted by molar-refractivity contribution is -0.145. The average Bonchev–Trinajstić information content (AvgIpc) is 3.29. The number of likely N-dealkylation sites (tertiary alicyclic amines) is 1. The van der Waals surface area contributed by atoms with Gasteiger partial charge in [0.2, 0.25) is 11.7 Å². The molecule has 0 bridgehead atoms. The molecule has 10 heteroatoms. The molecule has 1 amide bonds. The lowest BCUT2D eigenvalue weighted by atomic mass is 10.2. The van der Waals surface area contributed by atoms with Gasteiger partial charge < -0.3 is 10.4 Å². The first-order valence-corrected chi connectivity index (χ1v) is 7.93. The Morgan fingerprint density at radius 3 is 2.28 bits per heavy atom. The number of nitrogens with zero attached hydrogens (tertiary/aromatic N) is 3. The molecule has 0 aromatic carbocycles. The Morgan fingerprint density at radius 1 is 1.16 bits per heavy atom. The number of aromatic nitrogens is 2. The number of amides is 1. The molecule has 2 atom stereocenters. The van der Waals surface area contributed by atoms with E-state index in [0.717, 1.165) is 25.2 Å². The maximum absolute atomic E-state index is 12.4. The van der Waals surface area contributed by atoms with Crippen LogP contribution in [0.4, 0.5) is 13.2 Å². The van der Waals surface area contributed by atoms with Crippen molar-refractivity contribution < 1.29 is 27.9 Å². The highest BCUT2D eigenvalue weighted by Gasteiger charge is 2.48. The maximum atomic E-state index is 12.4. The molecule has 2 fully saturated rings. The van der Waals surface area contributed by atoms with E-state index in [9.17, 15) is 27.9 Å². The standard InChI is InChI=1S/C15H17F3N4O3/c16-15(17,18)14-20-6-8(7-21-14)5-19-12(23)10-3-4-11(13(24)25)22(10)9-1-2-9/h6-7,9-11H,1-5H2,(H,19,23)(H,24,25). The molecule has 1 aliphatic heterocycles. The number of aliphatic carboxylic acids is 1. The molecule has 1 aromatic rings. The quantitative estimate of drug-likeness (QED) is 0.821. The molecule has 2 heterocycles. The van der Waals surface area contributed by atoms with Gasteiger partial charge in [-0.15, -0.1) is 0 Å². The minimum absolute atomic E-state index is 0.0102. The van der Waals surface area contributed by atoms with Gasteiger partial charge in [0.15, 0.2) is 0 Å². The SMILES string of the molecule is O=C(O)C1CCC(C(=O)NCc2cnc(C(F)(F)F)nc2)N1C1CC1. The summed E-state index contributed by atoms with van der Waals surface area (Å²) in [6.07, 6.45) is 0.0336. The Bertz CT molecular complexity index is 661. The fourth-order valence-electron chi connectivity index (χ4n) is 3.13. The van der Waals surface area contributed by atoms with Crippen molar-refractivity contribution in [2.75, 3.05) is 0 Å². The molecule has 3 rings (SSSR count). The number of alkyl halides is 3. The molecule has 1 saturated heterocycles. The normalized spacial score (nSPS) is 24.3. The van der Waals surface area contributed by atoms with Crippen molar-refractivity contribution in [2.24, 2.45) is 0 Å². The van der Waals surface area contributed by atoms with E-state index in [2.05, 4.69) is 15.3 Å². The van der Waals surface area contributed by atoms with E-state index in [4.69, 9.17) is 0 Å². The van der Waals surface area contributed by atoms with Gasteiger partial charge in [-0.25, -0.2) is 9.97 Å². The molecular formula is C15H17F3N4O3.